The van der Waals surface area contributed by atoms with E-state index in [1.54, 1.807) is 7.11 Å². The van der Waals surface area contributed by atoms with Crippen LogP contribution in [0.25, 0.3) is 0 Å². The van der Waals surface area contributed by atoms with E-state index < -0.39 is 0 Å². The standard InChI is InChI=1S/C13H22N4O/c1-10-6-4-5-7-12(10)8-15-13(17-14)16-11(2)9-18-3/h4-7,11H,8-9,14H2,1-3H3,(H2,15,16,17). The van der Waals surface area contributed by atoms with E-state index in [-0.39, 0.29) is 6.04 Å². The van der Waals surface area contributed by atoms with Crippen LogP contribution in [0.2, 0.25) is 0 Å². The summed E-state index contributed by atoms with van der Waals surface area (Å²) >= 11 is 0. The van der Waals surface area contributed by atoms with Gasteiger partial charge in [0, 0.05) is 13.2 Å². The fraction of sp³-hybridized carbons (Fsp3) is 0.462. The second kappa shape index (κ2) is 7.68. The molecule has 0 fully saturated rings. The number of nitrogens with two attached hydrogens (primary N) is 1. The lowest BCUT2D eigenvalue weighted by atomic mass is 10.1. The molecule has 0 aliphatic heterocycles. The Kier molecular flexibility index (Phi) is 6.18. The van der Waals surface area contributed by atoms with Crippen molar-refractivity contribution < 1.29 is 4.74 Å². The van der Waals surface area contributed by atoms with Gasteiger partial charge in [-0.25, -0.2) is 10.8 Å². The number of guanidine groups is 1. The molecular formula is C13H22N4O. The highest BCUT2D eigenvalue weighted by molar-refractivity contribution is 5.79. The molecule has 18 heavy (non-hydrogen) atoms. The van der Waals surface area contributed by atoms with Crippen LogP contribution in [0.5, 0.6) is 0 Å². The summed E-state index contributed by atoms with van der Waals surface area (Å²) in [5.74, 6) is 6.01. The number of hydrogen-bond donors (Lipinski definition) is 3. The SMILES string of the molecule is COCC(C)NC(=NCc1ccccc1C)NN. The molecular weight excluding hydrogens is 228 g/mol. The monoisotopic (exact) mass is 250 g/mol. The molecule has 100 valence electrons. The van der Waals surface area contributed by atoms with Crippen LogP contribution in [0.3, 0.4) is 0 Å². The van der Waals surface area contributed by atoms with Gasteiger partial charge in [0.05, 0.1) is 13.2 Å². The van der Waals surface area contributed by atoms with Crippen LogP contribution < -0.4 is 16.6 Å². The van der Waals surface area contributed by atoms with Crippen LogP contribution >= 0.6 is 0 Å². The minimum absolute atomic E-state index is 0.154. The van der Waals surface area contributed by atoms with Crippen LogP contribution in [0, 0.1) is 6.92 Å². The summed E-state index contributed by atoms with van der Waals surface area (Å²) in [6.07, 6.45) is 0. The molecule has 0 radical (unpaired) electrons. The van der Waals surface area contributed by atoms with Crippen LogP contribution in [-0.4, -0.2) is 25.7 Å². The molecule has 1 aromatic carbocycles. The number of nitrogens with one attached hydrogen (secondary N) is 2. The third-order valence-electron chi connectivity index (χ3n) is 2.61. The van der Waals surface area contributed by atoms with Gasteiger partial charge in [-0.3, -0.25) is 5.43 Å². The van der Waals surface area contributed by atoms with Crippen LogP contribution in [0.4, 0.5) is 0 Å². The first-order chi connectivity index (χ1) is 8.67. The molecule has 0 aliphatic carbocycles. The molecule has 0 saturated carbocycles. The molecule has 5 heteroatoms. The summed E-state index contributed by atoms with van der Waals surface area (Å²) in [5.41, 5.74) is 4.98. The quantitative estimate of drug-likeness (QED) is 0.315. The summed E-state index contributed by atoms with van der Waals surface area (Å²) in [7, 11) is 1.66. The molecule has 5 nitrogen and oxygen atoms in total. The molecule has 0 spiro atoms. The minimum atomic E-state index is 0.154. The molecule has 0 aromatic heterocycles. The average Bonchev–Trinajstić information content (AvgIpc) is 2.36. The van der Waals surface area contributed by atoms with Crippen molar-refractivity contribution in [2.24, 2.45) is 10.8 Å². The van der Waals surface area contributed by atoms with E-state index in [0.717, 1.165) is 0 Å². The molecule has 1 aromatic rings. The highest BCUT2D eigenvalue weighted by Gasteiger charge is 2.04. The van der Waals surface area contributed by atoms with Crippen molar-refractivity contribution in [2.45, 2.75) is 26.4 Å². The zero-order chi connectivity index (χ0) is 13.4. The van der Waals surface area contributed by atoms with Crippen molar-refractivity contribution in [2.75, 3.05) is 13.7 Å². The Morgan fingerprint density at radius 3 is 2.78 bits per heavy atom. The Morgan fingerprint density at radius 1 is 1.44 bits per heavy atom. The van der Waals surface area contributed by atoms with E-state index in [9.17, 15) is 0 Å². The lowest BCUT2D eigenvalue weighted by molar-refractivity contribution is 0.179. The van der Waals surface area contributed by atoms with E-state index in [2.05, 4.69) is 34.8 Å². The molecule has 0 bridgehead atoms. The lowest BCUT2D eigenvalue weighted by Crippen LogP contribution is -2.46. The maximum Gasteiger partial charge on any atom is 0.206 e. The van der Waals surface area contributed by atoms with Gasteiger partial charge in [-0.05, 0) is 25.0 Å². The molecule has 1 atom stereocenters. The summed E-state index contributed by atoms with van der Waals surface area (Å²) in [6.45, 7) is 5.27. The maximum atomic E-state index is 5.44. The fourth-order valence-electron chi connectivity index (χ4n) is 1.61. The summed E-state index contributed by atoms with van der Waals surface area (Å²) in [6, 6.07) is 8.31. The topological polar surface area (TPSA) is 71.7 Å². The Bertz CT molecular complexity index is 392. The van der Waals surface area contributed by atoms with Crippen molar-refractivity contribution in [3.63, 3.8) is 0 Å². The van der Waals surface area contributed by atoms with Crippen molar-refractivity contribution in [3.05, 3.63) is 35.4 Å². The number of aliphatic imine (C=N–C) groups is 1. The molecule has 0 amide bonds. The first kappa shape index (κ1) is 14.5. The van der Waals surface area contributed by atoms with Crippen molar-refractivity contribution in [3.8, 4) is 0 Å². The number of ether oxygens (including phenoxy) is 1. The van der Waals surface area contributed by atoms with E-state index in [4.69, 9.17) is 10.6 Å². The van der Waals surface area contributed by atoms with E-state index in [1.165, 1.54) is 11.1 Å². The summed E-state index contributed by atoms with van der Waals surface area (Å²) in [5, 5.41) is 3.15. The predicted molar refractivity (Wildman–Crippen MR) is 74.1 cm³/mol. The second-order valence-electron chi connectivity index (χ2n) is 4.24. The minimum Gasteiger partial charge on any atom is -0.383 e. The fourth-order valence-corrected chi connectivity index (χ4v) is 1.61. The molecule has 0 aliphatic rings. The summed E-state index contributed by atoms with van der Waals surface area (Å²) in [4.78, 5) is 4.41. The van der Waals surface area contributed by atoms with Gasteiger partial charge in [0.25, 0.3) is 0 Å². The van der Waals surface area contributed by atoms with Gasteiger partial charge >= 0.3 is 0 Å². The Labute approximate surface area is 108 Å². The number of hydrazine groups is 1. The van der Waals surface area contributed by atoms with Crippen molar-refractivity contribution >= 4 is 5.96 Å². The third-order valence-corrected chi connectivity index (χ3v) is 2.61. The summed E-state index contributed by atoms with van der Waals surface area (Å²) < 4.78 is 5.04. The third kappa shape index (κ3) is 4.73. The molecule has 0 heterocycles. The Balaban J connectivity index is 2.60. The smallest absolute Gasteiger partial charge is 0.206 e. The molecule has 4 N–H and O–H groups in total. The predicted octanol–water partition coefficient (Wildman–Crippen LogP) is 0.939. The molecule has 1 rings (SSSR count). The number of methoxy groups -OCH3 is 1. The number of hydrogen-bond acceptors (Lipinski definition) is 3. The number of rotatable bonds is 5. The van der Waals surface area contributed by atoms with Gasteiger partial charge in [-0.2, -0.15) is 0 Å². The molecule has 1 unspecified atom stereocenters. The first-order valence-electron chi connectivity index (χ1n) is 5.98. The van der Waals surface area contributed by atoms with Gasteiger partial charge in [0.1, 0.15) is 0 Å². The zero-order valence-corrected chi connectivity index (χ0v) is 11.2. The normalized spacial score (nSPS) is 13.2. The van der Waals surface area contributed by atoms with E-state index >= 15 is 0 Å². The molecule has 0 saturated heterocycles. The van der Waals surface area contributed by atoms with Crippen molar-refractivity contribution in [1.82, 2.24) is 10.7 Å². The van der Waals surface area contributed by atoms with Gasteiger partial charge in [0.2, 0.25) is 5.96 Å². The van der Waals surface area contributed by atoms with E-state index in [1.807, 2.05) is 19.1 Å². The number of aryl methyl sites for hydroxylation is 1. The second-order valence-corrected chi connectivity index (χ2v) is 4.24. The highest BCUT2D eigenvalue weighted by Crippen LogP contribution is 2.07. The largest absolute Gasteiger partial charge is 0.383 e. The number of benzene rings is 1. The van der Waals surface area contributed by atoms with Crippen molar-refractivity contribution in [1.29, 1.82) is 0 Å². The van der Waals surface area contributed by atoms with Gasteiger partial charge in [-0.1, -0.05) is 24.3 Å². The van der Waals surface area contributed by atoms with E-state index in [0.29, 0.717) is 19.1 Å². The van der Waals surface area contributed by atoms with Crippen LogP contribution in [0.1, 0.15) is 18.1 Å². The van der Waals surface area contributed by atoms with Gasteiger partial charge in [0.15, 0.2) is 0 Å². The Hall–Kier alpha value is -1.59. The first-order valence-corrected chi connectivity index (χ1v) is 5.98. The zero-order valence-electron chi connectivity index (χ0n) is 11.2. The lowest BCUT2D eigenvalue weighted by Gasteiger charge is -2.15. The highest BCUT2D eigenvalue weighted by atomic mass is 16.5. The number of nitrogens with zero attached hydrogens (tertiary/aromatic N) is 1. The Morgan fingerprint density at radius 2 is 2.17 bits per heavy atom. The van der Waals surface area contributed by atoms with Crippen LogP contribution in [-0.2, 0) is 11.3 Å². The maximum absolute atomic E-state index is 5.44. The average molecular weight is 250 g/mol. The van der Waals surface area contributed by atoms with Crippen LogP contribution in [0.15, 0.2) is 29.3 Å². The van der Waals surface area contributed by atoms with Gasteiger partial charge in [-0.15, -0.1) is 0 Å². The van der Waals surface area contributed by atoms with Gasteiger partial charge < -0.3 is 10.1 Å².